The molecule has 2 heterocycles. The highest BCUT2D eigenvalue weighted by atomic mass is 32.1. The van der Waals surface area contributed by atoms with Gasteiger partial charge in [-0.3, -0.25) is 9.69 Å². The fourth-order valence-corrected chi connectivity index (χ4v) is 4.76. The number of benzene rings is 2. The summed E-state index contributed by atoms with van der Waals surface area (Å²) in [4.78, 5) is 22.5. The van der Waals surface area contributed by atoms with E-state index < -0.39 is 0 Å². The van der Waals surface area contributed by atoms with Gasteiger partial charge < -0.3 is 14.1 Å². The Labute approximate surface area is 186 Å². The van der Waals surface area contributed by atoms with E-state index in [9.17, 15) is 4.79 Å². The van der Waals surface area contributed by atoms with Gasteiger partial charge in [0.05, 0.1) is 17.3 Å². The molecule has 0 saturated carbocycles. The number of furan rings is 1. The van der Waals surface area contributed by atoms with Crippen LogP contribution in [0.5, 0.6) is 5.75 Å². The molecule has 0 spiro atoms. The molecule has 0 unspecified atom stereocenters. The molecule has 2 aromatic heterocycles. The van der Waals surface area contributed by atoms with E-state index in [4.69, 9.17) is 14.1 Å². The number of anilines is 1. The summed E-state index contributed by atoms with van der Waals surface area (Å²) in [6.45, 7) is 9.45. The summed E-state index contributed by atoms with van der Waals surface area (Å²) < 4.78 is 12.4. The number of methoxy groups -OCH3 is 1. The molecule has 0 aliphatic rings. The van der Waals surface area contributed by atoms with Crippen LogP contribution >= 0.6 is 11.3 Å². The summed E-state index contributed by atoms with van der Waals surface area (Å²) in [6, 6.07) is 13.5. The van der Waals surface area contributed by atoms with E-state index in [1.807, 2.05) is 43.3 Å². The SMILES string of the molecule is CCN(CC)CCN(C(=O)c1cc2cccc(OC)c2o1)c1nc2c(C)cccc2s1. The first-order valence-electron chi connectivity index (χ1n) is 10.5. The minimum Gasteiger partial charge on any atom is -0.493 e. The number of aryl methyl sites for hydroxylation is 1. The molecule has 0 atom stereocenters. The number of ether oxygens (including phenoxy) is 1. The average molecular weight is 438 g/mol. The zero-order valence-electron chi connectivity index (χ0n) is 18.3. The van der Waals surface area contributed by atoms with Crippen LogP contribution in [0.2, 0.25) is 0 Å². The van der Waals surface area contributed by atoms with Crippen LogP contribution in [0.25, 0.3) is 21.2 Å². The van der Waals surface area contributed by atoms with Gasteiger partial charge in [-0.15, -0.1) is 0 Å². The zero-order chi connectivity index (χ0) is 22.0. The number of carbonyl (C=O) groups is 1. The first kappa shape index (κ1) is 21.3. The van der Waals surface area contributed by atoms with E-state index in [2.05, 4.69) is 18.7 Å². The van der Waals surface area contributed by atoms with Gasteiger partial charge >= 0.3 is 0 Å². The maximum Gasteiger partial charge on any atom is 0.295 e. The molecule has 1 amide bonds. The Hall–Kier alpha value is -2.90. The highest BCUT2D eigenvalue weighted by Crippen LogP contribution is 2.33. The Kier molecular flexibility index (Phi) is 6.25. The molecular weight excluding hydrogens is 410 g/mol. The van der Waals surface area contributed by atoms with Gasteiger partial charge in [-0.25, -0.2) is 4.98 Å². The van der Waals surface area contributed by atoms with Crippen molar-refractivity contribution in [3.8, 4) is 5.75 Å². The van der Waals surface area contributed by atoms with Crippen molar-refractivity contribution in [1.29, 1.82) is 0 Å². The fourth-order valence-electron chi connectivity index (χ4n) is 3.69. The van der Waals surface area contributed by atoms with Crippen molar-refractivity contribution in [3.05, 3.63) is 53.8 Å². The van der Waals surface area contributed by atoms with Gasteiger partial charge in [-0.1, -0.05) is 49.4 Å². The quantitative estimate of drug-likeness (QED) is 0.372. The minimum absolute atomic E-state index is 0.192. The van der Waals surface area contributed by atoms with Crippen LogP contribution in [-0.2, 0) is 0 Å². The number of thiazole rings is 1. The van der Waals surface area contributed by atoms with E-state index in [1.165, 1.54) is 11.3 Å². The molecule has 0 N–H and O–H groups in total. The second kappa shape index (κ2) is 9.08. The molecule has 4 rings (SSSR count). The molecule has 31 heavy (non-hydrogen) atoms. The molecule has 6 nitrogen and oxygen atoms in total. The second-order valence-electron chi connectivity index (χ2n) is 7.39. The molecule has 7 heteroatoms. The molecule has 0 saturated heterocycles. The van der Waals surface area contributed by atoms with E-state index in [-0.39, 0.29) is 11.7 Å². The van der Waals surface area contributed by atoms with Gasteiger partial charge in [0.1, 0.15) is 0 Å². The van der Waals surface area contributed by atoms with Crippen molar-refractivity contribution >= 4 is 43.6 Å². The third-order valence-corrected chi connectivity index (χ3v) is 6.60. The maximum absolute atomic E-state index is 13.6. The number of amides is 1. The lowest BCUT2D eigenvalue weighted by molar-refractivity contribution is 0.0959. The molecule has 0 bridgehead atoms. The van der Waals surface area contributed by atoms with Crippen molar-refractivity contribution in [2.45, 2.75) is 20.8 Å². The van der Waals surface area contributed by atoms with Crippen molar-refractivity contribution in [2.75, 3.05) is 38.2 Å². The zero-order valence-corrected chi connectivity index (χ0v) is 19.2. The largest absolute Gasteiger partial charge is 0.493 e. The van der Waals surface area contributed by atoms with E-state index in [0.29, 0.717) is 23.0 Å². The topological polar surface area (TPSA) is 58.8 Å². The van der Waals surface area contributed by atoms with E-state index in [0.717, 1.165) is 40.8 Å². The monoisotopic (exact) mass is 437 g/mol. The fraction of sp³-hybridized carbons (Fsp3) is 0.333. The Bertz CT molecular complexity index is 1210. The number of hydrogen-bond donors (Lipinski definition) is 0. The molecule has 0 fully saturated rings. The predicted octanol–water partition coefficient (Wildman–Crippen LogP) is 5.35. The van der Waals surface area contributed by atoms with Crippen LogP contribution in [-0.4, -0.2) is 49.1 Å². The highest BCUT2D eigenvalue weighted by molar-refractivity contribution is 7.22. The van der Waals surface area contributed by atoms with Gasteiger partial charge in [0.25, 0.3) is 5.91 Å². The standard InChI is InChI=1S/C24H27N3O3S/c1-5-26(6-2)13-14-27(24-25-21-16(3)9-7-12-20(21)31-24)23(28)19-15-17-10-8-11-18(29-4)22(17)30-19/h7-12,15H,5-6,13-14H2,1-4H3. The summed E-state index contributed by atoms with van der Waals surface area (Å²) in [5.74, 6) is 0.707. The number of para-hydroxylation sites is 2. The molecule has 0 aliphatic carbocycles. The Morgan fingerprint density at radius 2 is 1.90 bits per heavy atom. The first-order valence-corrected chi connectivity index (χ1v) is 11.3. The van der Waals surface area contributed by atoms with Crippen LogP contribution in [0.4, 0.5) is 5.13 Å². The van der Waals surface area contributed by atoms with E-state index >= 15 is 0 Å². The third kappa shape index (κ3) is 4.16. The molecule has 4 aromatic rings. The summed E-state index contributed by atoms with van der Waals surface area (Å²) in [5, 5.41) is 1.53. The summed E-state index contributed by atoms with van der Waals surface area (Å²) in [5.41, 5.74) is 2.62. The number of carbonyl (C=O) groups excluding carboxylic acids is 1. The number of likely N-dealkylation sites (N-methyl/N-ethyl adjacent to an activating group) is 1. The summed E-state index contributed by atoms with van der Waals surface area (Å²) >= 11 is 1.53. The van der Waals surface area contributed by atoms with Crippen LogP contribution in [0.3, 0.4) is 0 Å². The summed E-state index contributed by atoms with van der Waals surface area (Å²) in [6.07, 6.45) is 0. The van der Waals surface area contributed by atoms with Gasteiger partial charge in [0, 0.05) is 18.5 Å². The molecular formula is C24H27N3O3S. The first-order chi connectivity index (χ1) is 15.0. The lowest BCUT2D eigenvalue weighted by atomic mass is 10.2. The average Bonchev–Trinajstić information content (AvgIpc) is 3.41. The molecule has 0 aliphatic heterocycles. The van der Waals surface area contributed by atoms with Crippen LogP contribution in [0.1, 0.15) is 30.0 Å². The van der Waals surface area contributed by atoms with Crippen molar-refractivity contribution in [1.82, 2.24) is 9.88 Å². The van der Waals surface area contributed by atoms with Crippen LogP contribution < -0.4 is 9.64 Å². The van der Waals surface area contributed by atoms with Crippen molar-refractivity contribution in [2.24, 2.45) is 0 Å². The Balaban J connectivity index is 1.74. The molecule has 2 aromatic carbocycles. The minimum atomic E-state index is -0.192. The van der Waals surface area contributed by atoms with E-state index in [1.54, 1.807) is 18.1 Å². The number of rotatable bonds is 8. The maximum atomic E-state index is 13.6. The highest BCUT2D eigenvalue weighted by Gasteiger charge is 2.25. The number of nitrogens with zero attached hydrogens (tertiary/aromatic N) is 3. The molecule has 162 valence electrons. The van der Waals surface area contributed by atoms with Gasteiger partial charge in [-0.05, 0) is 43.8 Å². The predicted molar refractivity (Wildman–Crippen MR) is 127 cm³/mol. The van der Waals surface area contributed by atoms with Crippen LogP contribution in [0.15, 0.2) is 46.9 Å². The second-order valence-corrected chi connectivity index (χ2v) is 8.40. The summed E-state index contributed by atoms with van der Waals surface area (Å²) in [7, 11) is 1.60. The normalized spacial score (nSPS) is 11.5. The number of aromatic nitrogens is 1. The van der Waals surface area contributed by atoms with Crippen LogP contribution in [0, 0.1) is 6.92 Å². The third-order valence-electron chi connectivity index (χ3n) is 5.56. The molecule has 0 radical (unpaired) electrons. The Morgan fingerprint density at radius 1 is 1.13 bits per heavy atom. The number of fused-ring (bicyclic) bond motifs is 2. The number of hydrogen-bond acceptors (Lipinski definition) is 6. The Morgan fingerprint density at radius 3 is 2.61 bits per heavy atom. The van der Waals surface area contributed by atoms with Gasteiger partial charge in [0.2, 0.25) is 0 Å². The van der Waals surface area contributed by atoms with Gasteiger partial charge in [0.15, 0.2) is 22.2 Å². The van der Waals surface area contributed by atoms with Crippen molar-refractivity contribution < 1.29 is 13.9 Å². The van der Waals surface area contributed by atoms with Gasteiger partial charge in [-0.2, -0.15) is 0 Å². The lowest BCUT2D eigenvalue weighted by Crippen LogP contribution is -2.38. The van der Waals surface area contributed by atoms with Crippen molar-refractivity contribution in [3.63, 3.8) is 0 Å². The lowest BCUT2D eigenvalue weighted by Gasteiger charge is -2.24. The smallest absolute Gasteiger partial charge is 0.295 e.